The molecule has 0 N–H and O–H groups in total. The molecule has 1 aromatic carbocycles. The van der Waals surface area contributed by atoms with Gasteiger partial charge in [0.2, 0.25) is 0 Å². The first-order valence-electron chi connectivity index (χ1n) is 6.50. The number of hydrogen-bond acceptors (Lipinski definition) is 5. The van der Waals surface area contributed by atoms with Crippen molar-refractivity contribution in [3.8, 4) is 11.8 Å². The molecule has 0 fully saturated rings. The molecule has 2 heterocycles. The standard InChI is InChI=1S/C15H14N4O/c1-11-13-4-2-3-5-14(13)20-7-6-19(11)15-10-17-9-12(8-16)18-15/h2-5,9-11H,6-7H2,1H3. The predicted octanol–water partition coefficient (Wildman–Crippen LogP) is 2.31. The first-order valence-corrected chi connectivity index (χ1v) is 6.50. The normalized spacial score (nSPS) is 17.6. The van der Waals surface area contributed by atoms with Gasteiger partial charge in [0, 0.05) is 5.56 Å². The lowest BCUT2D eigenvalue weighted by atomic mass is 10.1. The van der Waals surface area contributed by atoms with E-state index >= 15 is 0 Å². The van der Waals surface area contributed by atoms with E-state index in [-0.39, 0.29) is 6.04 Å². The lowest BCUT2D eigenvalue weighted by Gasteiger charge is -2.27. The van der Waals surface area contributed by atoms with Crippen LogP contribution in [-0.4, -0.2) is 23.1 Å². The van der Waals surface area contributed by atoms with E-state index in [0.717, 1.165) is 11.3 Å². The van der Waals surface area contributed by atoms with Gasteiger partial charge in [-0.15, -0.1) is 0 Å². The Morgan fingerprint density at radius 1 is 1.35 bits per heavy atom. The molecule has 0 spiro atoms. The molecule has 5 heteroatoms. The molecule has 0 saturated carbocycles. The van der Waals surface area contributed by atoms with Crippen LogP contribution in [-0.2, 0) is 0 Å². The summed E-state index contributed by atoms with van der Waals surface area (Å²) in [7, 11) is 0. The Morgan fingerprint density at radius 3 is 3.05 bits per heavy atom. The van der Waals surface area contributed by atoms with Gasteiger partial charge < -0.3 is 9.64 Å². The van der Waals surface area contributed by atoms with Gasteiger partial charge in [-0.05, 0) is 13.0 Å². The summed E-state index contributed by atoms with van der Waals surface area (Å²) in [5.74, 6) is 1.61. The molecule has 0 bridgehead atoms. The molecule has 1 aliphatic rings. The fourth-order valence-corrected chi connectivity index (χ4v) is 2.43. The number of rotatable bonds is 1. The molecule has 1 unspecified atom stereocenters. The molecule has 0 saturated heterocycles. The molecule has 2 aromatic rings. The van der Waals surface area contributed by atoms with E-state index in [9.17, 15) is 0 Å². The lowest BCUT2D eigenvalue weighted by Crippen LogP contribution is -2.29. The van der Waals surface area contributed by atoms with Gasteiger partial charge in [0.1, 0.15) is 24.2 Å². The molecule has 0 aliphatic carbocycles. The highest BCUT2D eigenvalue weighted by molar-refractivity contribution is 5.47. The molecule has 5 nitrogen and oxygen atoms in total. The zero-order valence-electron chi connectivity index (χ0n) is 11.2. The Hall–Kier alpha value is -2.61. The number of ether oxygens (including phenoxy) is 1. The highest BCUT2D eigenvalue weighted by atomic mass is 16.5. The summed E-state index contributed by atoms with van der Waals surface area (Å²) in [4.78, 5) is 10.5. The van der Waals surface area contributed by atoms with Gasteiger partial charge in [0.25, 0.3) is 0 Å². The Morgan fingerprint density at radius 2 is 2.20 bits per heavy atom. The third-order valence-electron chi connectivity index (χ3n) is 3.46. The van der Waals surface area contributed by atoms with E-state index in [1.807, 2.05) is 24.3 Å². The summed E-state index contributed by atoms with van der Waals surface area (Å²) in [5, 5.41) is 8.94. The zero-order valence-corrected chi connectivity index (χ0v) is 11.2. The Labute approximate surface area is 117 Å². The third kappa shape index (κ3) is 2.16. The summed E-state index contributed by atoms with van der Waals surface area (Å²) in [5.41, 5.74) is 1.45. The van der Waals surface area contributed by atoms with Crippen molar-refractivity contribution in [3.63, 3.8) is 0 Å². The van der Waals surface area contributed by atoms with Gasteiger partial charge in [-0.3, -0.25) is 4.98 Å². The van der Waals surface area contributed by atoms with Crippen LogP contribution in [0.25, 0.3) is 0 Å². The summed E-state index contributed by atoms with van der Waals surface area (Å²) in [6, 6.07) is 10.2. The second-order valence-corrected chi connectivity index (χ2v) is 4.63. The van der Waals surface area contributed by atoms with Crippen LogP contribution in [0.2, 0.25) is 0 Å². The highest BCUT2D eigenvalue weighted by Gasteiger charge is 2.24. The molecule has 3 rings (SSSR count). The van der Waals surface area contributed by atoms with E-state index in [2.05, 4.69) is 27.9 Å². The number of aromatic nitrogens is 2. The zero-order chi connectivity index (χ0) is 13.9. The van der Waals surface area contributed by atoms with Crippen molar-refractivity contribution >= 4 is 5.82 Å². The molecule has 1 aliphatic heterocycles. The third-order valence-corrected chi connectivity index (χ3v) is 3.46. The van der Waals surface area contributed by atoms with Crippen molar-refractivity contribution in [2.45, 2.75) is 13.0 Å². The first-order chi connectivity index (χ1) is 9.79. The van der Waals surface area contributed by atoms with Crippen LogP contribution in [0.5, 0.6) is 5.75 Å². The Kier molecular flexibility index (Phi) is 3.21. The summed E-state index contributed by atoms with van der Waals surface area (Å²) in [6.07, 6.45) is 3.15. The van der Waals surface area contributed by atoms with E-state index < -0.39 is 0 Å². The van der Waals surface area contributed by atoms with Crippen molar-refractivity contribution in [1.29, 1.82) is 5.26 Å². The highest BCUT2D eigenvalue weighted by Crippen LogP contribution is 2.33. The molecule has 0 amide bonds. The van der Waals surface area contributed by atoms with Crippen LogP contribution in [0, 0.1) is 11.3 Å². The van der Waals surface area contributed by atoms with Crippen LogP contribution in [0.1, 0.15) is 24.2 Å². The topological polar surface area (TPSA) is 62.0 Å². The number of hydrogen-bond donors (Lipinski definition) is 0. The van der Waals surface area contributed by atoms with Gasteiger partial charge in [-0.1, -0.05) is 18.2 Å². The van der Waals surface area contributed by atoms with E-state index in [4.69, 9.17) is 10.00 Å². The SMILES string of the molecule is CC1c2ccccc2OCCN1c1cncc(C#N)n1. The van der Waals surface area contributed by atoms with Crippen LogP contribution in [0.15, 0.2) is 36.7 Å². The minimum atomic E-state index is 0.122. The maximum Gasteiger partial charge on any atom is 0.161 e. The molecule has 1 aromatic heterocycles. The maximum atomic E-state index is 8.94. The van der Waals surface area contributed by atoms with E-state index in [1.165, 1.54) is 6.20 Å². The Balaban J connectivity index is 2.00. The summed E-state index contributed by atoms with van der Waals surface area (Å²) in [6.45, 7) is 3.40. The molecule has 100 valence electrons. The molecule has 20 heavy (non-hydrogen) atoms. The predicted molar refractivity (Wildman–Crippen MR) is 74.4 cm³/mol. The second-order valence-electron chi connectivity index (χ2n) is 4.63. The first kappa shape index (κ1) is 12.4. The lowest BCUT2D eigenvalue weighted by molar-refractivity contribution is 0.331. The van der Waals surface area contributed by atoms with Crippen molar-refractivity contribution in [2.75, 3.05) is 18.1 Å². The molecule has 1 atom stereocenters. The fraction of sp³-hybridized carbons (Fsp3) is 0.267. The van der Waals surface area contributed by atoms with Crippen LogP contribution in [0.3, 0.4) is 0 Å². The van der Waals surface area contributed by atoms with Crippen LogP contribution >= 0.6 is 0 Å². The van der Waals surface area contributed by atoms with Crippen LogP contribution in [0.4, 0.5) is 5.82 Å². The monoisotopic (exact) mass is 266 g/mol. The summed E-state index contributed by atoms with van der Waals surface area (Å²) < 4.78 is 5.77. The number of nitriles is 1. The quantitative estimate of drug-likeness (QED) is 0.792. The van der Waals surface area contributed by atoms with E-state index in [1.54, 1.807) is 6.20 Å². The number of anilines is 1. The van der Waals surface area contributed by atoms with Crippen LogP contribution < -0.4 is 9.64 Å². The molecular formula is C15H14N4O. The van der Waals surface area contributed by atoms with Crippen molar-refractivity contribution in [2.24, 2.45) is 0 Å². The number of benzene rings is 1. The number of para-hydroxylation sites is 1. The average molecular weight is 266 g/mol. The fourth-order valence-electron chi connectivity index (χ4n) is 2.43. The smallest absolute Gasteiger partial charge is 0.161 e. The number of nitrogens with zero attached hydrogens (tertiary/aromatic N) is 4. The molecular weight excluding hydrogens is 252 g/mol. The van der Waals surface area contributed by atoms with Gasteiger partial charge in [0.15, 0.2) is 5.69 Å². The second kappa shape index (κ2) is 5.17. The van der Waals surface area contributed by atoms with Gasteiger partial charge in [-0.2, -0.15) is 5.26 Å². The maximum absolute atomic E-state index is 8.94. The Bertz CT molecular complexity index is 665. The molecule has 0 radical (unpaired) electrons. The van der Waals surface area contributed by atoms with Crippen molar-refractivity contribution < 1.29 is 4.74 Å². The largest absolute Gasteiger partial charge is 0.491 e. The van der Waals surface area contributed by atoms with Gasteiger partial charge in [-0.25, -0.2) is 4.98 Å². The van der Waals surface area contributed by atoms with Gasteiger partial charge in [0.05, 0.1) is 25.0 Å². The summed E-state index contributed by atoms with van der Waals surface area (Å²) >= 11 is 0. The van der Waals surface area contributed by atoms with Gasteiger partial charge >= 0.3 is 0 Å². The minimum absolute atomic E-state index is 0.122. The van der Waals surface area contributed by atoms with E-state index in [0.29, 0.717) is 24.7 Å². The van der Waals surface area contributed by atoms with Crippen molar-refractivity contribution in [1.82, 2.24) is 9.97 Å². The number of fused-ring (bicyclic) bond motifs is 1. The minimum Gasteiger partial charge on any atom is -0.491 e. The average Bonchev–Trinajstić information content (AvgIpc) is 2.67. The van der Waals surface area contributed by atoms with Crippen molar-refractivity contribution in [3.05, 3.63) is 47.9 Å².